The highest BCUT2D eigenvalue weighted by Gasteiger charge is 2.29. The van der Waals surface area contributed by atoms with Gasteiger partial charge in [0.25, 0.3) is 5.69 Å². The standard InChI is InChI=1S/C23H26F2N4O4/c1-14(2)33-23(30)27-6-3-15(4-7-27)17-10-19(24)21(26-12-17)13-28-8-5-16-9-18(29(31)32)11-20(25)22(16)28/h9-12,14-15H,3-8,13H2,1-2H3. The highest BCUT2D eigenvalue weighted by atomic mass is 19.1. The third kappa shape index (κ3) is 4.89. The minimum absolute atomic E-state index is 0.0767. The average Bonchev–Trinajstić information content (AvgIpc) is 3.18. The number of piperidine rings is 1. The number of fused-ring (bicyclic) bond motifs is 1. The van der Waals surface area contributed by atoms with Crippen molar-refractivity contribution in [3.05, 3.63) is 63.0 Å². The van der Waals surface area contributed by atoms with Gasteiger partial charge in [-0.25, -0.2) is 13.6 Å². The summed E-state index contributed by atoms with van der Waals surface area (Å²) in [5.41, 5.74) is 1.50. The fraction of sp³-hybridized carbons (Fsp3) is 0.478. The molecule has 1 aromatic heterocycles. The molecule has 1 saturated heterocycles. The Hall–Kier alpha value is -3.30. The maximum Gasteiger partial charge on any atom is 0.410 e. The summed E-state index contributed by atoms with van der Waals surface area (Å²) in [4.78, 5) is 30.0. The predicted octanol–water partition coefficient (Wildman–Crippen LogP) is 4.56. The van der Waals surface area contributed by atoms with Crippen LogP contribution in [0, 0.1) is 21.7 Å². The number of carbonyl (C=O) groups excluding carboxylic acids is 1. The first kappa shape index (κ1) is 22.9. The van der Waals surface area contributed by atoms with Crippen LogP contribution in [-0.2, 0) is 17.7 Å². The zero-order valence-electron chi connectivity index (χ0n) is 18.6. The molecule has 0 aliphatic carbocycles. The third-order valence-electron chi connectivity index (χ3n) is 6.15. The lowest BCUT2D eigenvalue weighted by atomic mass is 9.90. The number of amides is 1. The quantitative estimate of drug-likeness (QED) is 0.480. The maximum absolute atomic E-state index is 14.9. The summed E-state index contributed by atoms with van der Waals surface area (Å²) in [6.45, 7) is 5.19. The monoisotopic (exact) mass is 460 g/mol. The van der Waals surface area contributed by atoms with E-state index in [9.17, 15) is 23.7 Å². The van der Waals surface area contributed by atoms with E-state index in [0.29, 0.717) is 44.5 Å². The van der Waals surface area contributed by atoms with Gasteiger partial charge in [-0.1, -0.05) is 0 Å². The number of nitro benzene ring substituents is 1. The molecule has 0 N–H and O–H groups in total. The molecule has 10 heteroatoms. The van der Waals surface area contributed by atoms with Gasteiger partial charge in [0.05, 0.1) is 35.0 Å². The number of pyridine rings is 1. The van der Waals surface area contributed by atoms with Crippen molar-refractivity contribution in [1.82, 2.24) is 9.88 Å². The van der Waals surface area contributed by atoms with Gasteiger partial charge in [-0.3, -0.25) is 15.1 Å². The zero-order valence-corrected chi connectivity index (χ0v) is 18.6. The Morgan fingerprint density at radius 3 is 2.58 bits per heavy atom. The molecule has 0 unspecified atom stereocenters. The van der Waals surface area contributed by atoms with Crippen molar-refractivity contribution in [1.29, 1.82) is 0 Å². The van der Waals surface area contributed by atoms with Crippen LogP contribution in [0.4, 0.5) is 25.0 Å². The van der Waals surface area contributed by atoms with Gasteiger partial charge in [0.2, 0.25) is 0 Å². The second-order valence-corrected chi connectivity index (χ2v) is 8.75. The van der Waals surface area contributed by atoms with E-state index in [1.807, 2.05) is 0 Å². The number of aromatic nitrogens is 1. The number of hydrogen-bond acceptors (Lipinski definition) is 6. The molecule has 2 aromatic rings. The topological polar surface area (TPSA) is 88.8 Å². The summed E-state index contributed by atoms with van der Waals surface area (Å²) in [7, 11) is 0. The van der Waals surface area contributed by atoms with E-state index >= 15 is 0 Å². The molecule has 1 fully saturated rings. The van der Waals surface area contributed by atoms with E-state index in [0.717, 1.165) is 11.6 Å². The maximum atomic E-state index is 14.9. The third-order valence-corrected chi connectivity index (χ3v) is 6.15. The fourth-order valence-corrected chi connectivity index (χ4v) is 4.49. The predicted molar refractivity (Wildman–Crippen MR) is 117 cm³/mol. The Labute approximate surface area is 190 Å². The van der Waals surface area contributed by atoms with Crippen molar-refractivity contribution in [3.63, 3.8) is 0 Å². The minimum atomic E-state index is -0.684. The summed E-state index contributed by atoms with van der Waals surface area (Å²) in [6.07, 6.45) is 2.98. The highest BCUT2D eigenvalue weighted by Crippen LogP contribution is 2.36. The average molecular weight is 460 g/mol. The normalized spacial score (nSPS) is 16.3. The van der Waals surface area contributed by atoms with E-state index in [2.05, 4.69) is 4.98 Å². The molecule has 0 radical (unpaired) electrons. The number of rotatable bonds is 5. The molecule has 0 spiro atoms. The van der Waals surface area contributed by atoms with E-state index < -0.39 is 16.6 Å². The Morgan fingerprint density at radius 1 is 1.21 bits per heavy atom. The summed E-state index contributed by atoms with van der Waals surface area (Å²) in [6, 6.07) is 3.74. The van der Waals surface area contributed by atoms with Crippen LogP contribution < -0.4 is 4.90 Å². The van der Waals surface area contributed by atoms with E-state index in [1.165, 1.54) is 12.1 Å². The summed E-state index contributed by atoms with van der Waals surface area (Å²) >= 11 is 0. The van der Waals surface area contributed by atoms with Crippen molar-refractivity contribution in [2.24, 2.45) is 0 Å². The zero-order chi connectivity index (χ0) is 23.7. The smallest absolute Gasteiger partial charge is 0.410 e. The van der Waals surface area contributed by atoms with Gasteiger partial charge in [0.1, 0.15) is 5.82 Å². The van der Waals surface area contributed by atoms with Crippen molar-refractivity contribution >= 4 is 17.5 Å². The number of benzene rings is 1. The van der Waals surface area contributed by atoms with E-state index in [4.69, 9.17) is 4.74 Å². The number of hydrogen-bond donors (Lipinski definition) is 0. The molecule has 176 valence electrons. The molecule has 0 bridgehead atoms. The number of anilines is 1. The van der Waals surface area contributed by atoms with Crippen LogP contribution in [-0.4, -0.2) is 46.6 Å². The highest BCUT2D eigenvalue weighted by molar-refractivity contribution is 5.68. The first-order chi connectivity index (χ1) is 15.7. The molecule has 2 aliphatic rings. The van der Waals surface area contributed by atoms with Gasteiger partial charge in [-0.05, 0) is 56.2 Å². The second kappa shape index (κ2) is 9.29. The first-order valence-corrected chi connectivity index (χ1v) is 11.0. The number of halogens is 2. The van der Waals surface area contributed by atoms with E-state index in [1.54, 1.807) is 29.8 Å². The molecule has 1 aromatic carbocycles. The molecule has 0 saturated carbocycles. The summed E-state index contributed by atoms with van der Waals surface area (Å²) in [5.74, 6) is -1.06. The largest absolute Gasteiger partial charge is 0.447 e. The van der Waals surface area contributed by atoms with Gasteiger partial charge in [-0.15, -0.1) is 0 Å². The van der Waals surface area contributed by atoms with E-state index in [-0.39, 0.29) is 41.7 Å². The van der Waals surface area contributed by atoms with Crippen molar-refractivity contribution in [3.8, 4) is 0 Å². The molecule has 33 heavy (non-hydrogen) atoms. The first-order valence-electron chi connectivity index (χ1n) is 11.0. The Kier molecular flexibility index (Phi) is 6.44. The number of ether oxygens (including phenoxy) is 1. The molecule has 3 heterocycles. The Balaban J connectivity index is 1.42. The lowest BCUT2D eigenvalue weighted by Gasteiger charge is -2.32. The van der Waals surface area contributed by atoms with Crippen LogP contribution in [0.5, 0.6) is 0 Å². The van der Waals surface area contributed by atoms with Gasteiger partial charge in [0.15, 0.2) is 5.82 Å². The van der Waals surface area contributed by atoms with Gasteiger partial charge >= 0.3 is 6.09 Å². The second-order valence-electron chi connectivity index (χ2n) is 8.75. The number of likely N-dealkylation sites (tertiary alicyclic amines) is 1. The molecule has 0 atom stereocenters. The summed E-state index contributed by atoms with van der Waals surface area (Å²) in [5, 5.41) is 11.0. The molecular weight excluding hydrogens is 434 g/mol. The van der Waals surface area contributed by atoms with Crippen LogP contribution in [0.1, 0.15) is 49.4 Å². The van der Waals surface area contributed by atoms with Crippen LogP contribution in [0.3, 0.4) is 0 Å². The van der Waals surface area contributed by atoms with Crippen LogP contribution in [0.2, 0.25) is 0 Å². The minimum Gasteiger partial charge on any atom is -0.447 e. The van der Waals surface area contributed by atoms with Crippen molar-refractivity contribution < 1.29 is 23.2 Å². The Morgan fingerprint density at radius 2 is 1.94 bits per heavy atom. The van der Waals surface area contributed by atoms with Crippen molar-refractivity contribution in [2.45, 2.75) is 51.7 Å². The van der Waals surface area contributed by atoms with Gasteiger partial charge in [-0.2, -0.15) is 0 Å². The number of nitrogens with zero attached hydrogens (tertiary/aromatic N) is 4. The molecule has 8 nitrogen and oxygen atoms in total. The van der Waals surface area contributed by atoms with Crippen LogP contribution in [0.15, 0.2) is 24.4 Å². The number of non-ortho nitro benzene ring substituents is 1. The van der Waals surface area contributed by atoms with Crippen LogP contribution >= 0.6 is 0 Å². The molecule has 4 rings (SSSR count). The SMILES string of the molecule is CC(C)OC(=O)N1CCC(c2cnc(CN3CCc4cc([N+](=O)[O-])cc(F)c43)c(F)c2)CC1. The van der Waals surface area contributed by atoms with Crippen molar-refractivity contribution in [2.75, 3.05) is 24.5 Å². The summed E-state index contributed by atoms with van der Waals surface area (Å²) < 4.78 is 34.7. The van der Waals surface area contributed by atoms with Gasteiger partial charge < -0.3 is 14.5 Å². The van der Waals surface area contributed by atoms with Gasteiger partial charge in [0, 0.05) is 31.9 Å². The molecule has 2 aliphatic heterocycles. The Bertz CT molecular complexity index is 1070. The number of carbonyl (C=O) groups is 1. The number of nitro groups is 1. The lowest BCUT2D eigenvalue weighted by Crippen LogP contribution is -2.39. The molecule has 1 amide bonds. The molecular formula is C23H26F2N4O4. The fourth-order valence-electron chi connectivity index (χ4n) is 4.49. The van der Waals surface area contributed by atoms with Crippen LogP contribution in [0.25, 0.3) is 0 Å². The lowest BCUT2D eigenvalue weighted by molar-refractivity contribution is -0.385.